The summed E-state index contributed by atoms with van der Waals surface area (Å²) in [5.41, 5.74) is -0.850. The number of rotatable bonds is 5. The fourth-order valence-electron chi connectivity index (χ4n) is 3.05. The smallest absolute Gasteiger partial charge is 0.259 e. The van der Waals surface area contributed by atoms with E-state index in [0.717, 1.165) is 12.1 Å². The zero-order valence-electron chi connectivity index (χ0n) is 14.2. The van der Waals surface area contributed by atoms with Crippen LogP contribution in [0.2, 0.25) is 0 Å². The van der Waals surface area contributed by atoms with E-state index in [1.54, 1.807) is 12.1 Å². The maximum absolute atomic E-state index is 13.7. The monoisotopic (exact) mass is 353 g/mol. The summed E-state index contributed by atoms with van der Waals surface area (Å²) in [4.78, 5) is 19.2. The highest BCUT2D eigenvalue weighted by atomic mass is 19.3. The number of hydrogen-bond donors (Lipinski definition) is 1. The van der Waals surface area contributed by atoms with E-state index in [1.165, 1.54) is 0 Å². The summed E-state index contributed by atoms with van der Waals surface area (Å²) in [6, 6.07) is 3.38. The second-order valence-electron chi connectivity index (χ2n) is 6.82. The lowest BCUT2D eigenvalue weighted by molar-refractivity contribution is -0.0465. The lowest BCUT2D eigenvalue weighted by atomic mass is 9.80. The molecule has 3 rings (SSSR count). The van der Waals surface area contributed by atoms with Gasteiger partial charge in [-0.1, -0.05) is 19.0 Å². The van der Waals surface area contributed by atoms with Gasteiger partial charge < -0.3 is 14.2 Å². The molecule has 8 heteroatoms. The standard InChI is InChI=1S/C17H21F2N3O3/c1-10(2)9-11-3-4-12(14(23)20-11)13-21-16(25-22-13)17(15(18)19)5-7-24-8-6-17/h3-4,10,15H,5-9H2,1-2H3,(H,20,23). The average Bonchev–Trinajstić information content (AvgIpc) is 3.05. The molecule has 0 radical (unpaired) electrons. The van der Waals surface area contributed by atoms with Gasteiger partial charge in [-0.05, 0) is 37.3 Å². The van der Waals surface area contributed by atoms with Crippen molar-refractivity contribution in [3.63, 3.8) is 0 Å². The molecule has 1 N–H and O–H groups in total. The lowest BCUT2D eigenvalue weighted by Gasteiger charge is -2.32. The SMILES string of the molecule is CC(C)Cc1ccc(-c2noc(C3(C(F)F)CCOCC3)n2)c(=O)[nH]1. The van der Waals surface area contributed by atoms with Crippen molar-refractivity contribution in [1.82, 2.24) is 15.1 Å². The van der Waals surface area contributed by atoms with Crippen molar-refractivity contribution in [3.8, 4) is 11.4 Å². The normalized spacial score (nSPS) is 17.4. The number of halogens is 2. The molecule has 0 amide bonds. The van der Waals surface area contributed by atoms with Crippen LogP contribution in [0, 0.1) is 5.92 Å². The number of aromatic nitrogens is 3. The van der Waals surface area contributed by atoms with E-state index in [-0.39, 0.29) is 48.9 Å². The van der Waals surface area contributed by atoms with Crippen molar-refractivity contribution in [2.45, 2.75) is 45.0 Å². The Bertz CT molecular complexity index is 779. The van der Waals surface area contributed by atoms with Crippen LogP contribution in [0.25, 0.3) is 11.4 Å². The zero-order valence-corrected chi connectivity index (χ0v) is 14.2. The number of nitrogens with zero attached hydrogens (tertiary/aromatic N) is 2. The number of aromatic amines is 1. The molecule has 0 unspecified atom stereocenters. The number of pyridine rings is 1. The summed E-state index contributed by atoms with van der Waals surface area (Å²) in [6.45, 7) is 4.53. The highest BCUT2D eigenvalue weighted by Gasteiger charge is 2.48. The van der Waals surface area contributed by atoms with E-state index >= 15 is 0 Å². The topological polar surface area (TPSA) is 81.0 Å². The molecule has 25 heavy (non-hydrogen) atoms. The fraction of sp³-hybridized carbons (Fsp3) is 0.588. The van der Waals surface area contributed by atoms with E-state index in [9.17, 15) is 13.6 Å². The number of alkyl halides is 2. The molecule has 1 saturated heterocycles. The summed E-state index contributed by atoms with van der Waals surface area (Å²) in [7, 11) is 0. The first-order valence-electron chi connectivity index (χ1n) is 8.35. The van der Waals surface area contributed by atoms with Gasteiger partial charge in [0, 0.05) is 18.9 Å². The van der Waals surface area contributed by atoms with Gasteiger partial charge in [-0.3, -0.25) is 4.79 Å². The van der Waals surface area contributed by atoms with E-state index < -0.39 is 11.8 Å². The third kappa shape index (κ3) is 3.49. The molecule has 1 fully saturated rings. The first kappa shape index (κ1) is 17.7. The van der Waals surface area contributed by atoms with Crippen molar-refractivity contribution < 1.29 is 18.0 Å². The highest BCUT2D eigenvalue weighted by molar-refractivity contribution is 5.52. The molecule has 2 aromatic heterocycles. The van der Waals surface area contributed by atoms with Crippen LogP contribution in [0.15, 0.2) is 21.5 Å². The van der Waals surface area contributed by atoms with E-state index in [0.29, 0.717) is 5.92 Å². The van der Waals surface area contributed by atoms with Crippen LogP contribution in [0.5, 0.6) is 0 Å². The van der Waals surface area contributed by atoms with Crippen LogP contribution >= 0.6 is 0 Å². The molecular weight excluding hydrogens is 332 g/mol. The Morgan fingerprint density at radius 2 is 2.00 bits per heavy atom. The van der Waals surface area contributed by atoms with Gasteiger partial charge in [0.2, 0.25) is 11.7 Å². The Labute approximate surface area is 143 Å². The van der Waals surface area contributed by atoms with Gasteiger partial charge in [-0.25, -0.2) is 8.78 Å². The molecule has 0 bridgehead atoms. The van der Waals surface area contributed by atoms with Crippen LogP contribution in [0.4, 0.5) is 8.78 Å². The minimum absolute atomic E-state index is 0.0267. The van der Waals surface area contributed by atoms with E-state index in [1.807, 2.05) is 0 Å². The second-order valence-corrected chi connectivity index (χ2v) is 6.82. The van der Waals surface area contributed by atoms with Gasteiger partial charge >= 0.3 is 0 Å². The molecule has 1 aliphatic heterocycles. The molecule has 0 atom stereocenters. The Hall–Kier alpha value is -2.09. The molecule has 0 aliphatic carbocycles. The van der Waals surface area contributed by atoms with Gasteiger partial charge in [-0.2, -0.15) is 4.98 Å². The quantitative estimate of drug-likeness (QED) is 0.894. The minimum atomic E-state index is -2.64. The van der Waals surface area contributed by atoms with Crippen molar-refractivity contribution in [2.75, 3.05) is 13.2 Å². The maximum Gasteiger partial charge on any atom is 0.259 e. The number of H-pyrrole nitrogens is 1. The Balaban J connectivity index is 1.92. The van der Waals surface area contributed by atoms with Crippen LogP contribution in [0.3, 0.4) is 0 Å². The molecule has 136 valence electrons. The van der Waals surface area contributed by atoms with Crippen molar-refractivity contribution >= 4 is 0 Å². The average molecular weight is 353 g/mol. The zero-order chi connectivity index (χ0) is 18.0. The van der Waals surface area contributed by atoms with E-state index in [2.05, 4.69) is 29.0 Å². The molecular formula is C17H21F2N3O3. The summed E-state index contributed by atoms with van der Waals surface area (Å²) < 4.78 is 37.6. The first-order chi connectivity index (χ1) is 11.9. The van der Waals surface area contributed by atoms with Crippen molar-refractivity contribution in [2.24, 2.45) is 5.92 Å². The summed E-state index contributed by atoms with van der Waals surface area (Å²) in [5.74, 6) is 0.294. The minimum Gasteiger partial charge on any atom is -0.381 e. The van der Waals surface area contributed by atoms with Gasteiger partial charge in [-0.15, -0.1) is 0 Å². The Kier molecular flexibility index (Phi) is 4.99. The molecule has 0 saturated carbocycles. The Morgan fingerprint density at radius 1 is 1.28 bits per heavy atom. The lowest BCUT2D eigenvalue weighted by Crippen LogP contribution is -2.40. The molecule has 2 aromatic rings. The van der Waals surface area contributed by atoms with E-state index in [4.69, 9.17) is 9.26 Å². The van der Waals surface area contributed by atoms with Gasteiger partial charge in [0.05, 0.1) is 5.56 Å². The molecule has 1 aliphatic rings. The van der Waals surface area contributed by atoms with Crippen LogP contribution < -0.4 is 5.56 Å². The van der Waals surface area contributed by atoms with Crippen LogP contribution in [-0.2, 0) is 16.6 Å². The molecule has 0 spiro atoms. The molecule has 3 heterocycles. The highest BCUT2D eigenvalue weighted by Crippen LogP contribution is 2.39. The number of hydrogen-bond acceptors (Lipinski definition) is 5. The van der Waals surface area contributed by atoms with Gasteiger partial charge in [0.25, 0.3) is 12.0 Å². The summed E-state index contributed by atoms with van der Waals surface area (Å²) in [5, 5.41) is 3.76. The van der Waals surface area contributed by atoms with Crippen molar-refractivity contribution in [3.05, 3.63) is 34.1 Å². The maximum atomic E-state index is 13.7. The Morgan fingerprint density at radius 3 is 2.60 bits per heavy atom. The fourth-order valence-corrected chi connectivity index (χ4v) is 3.05. The largest absolute Gasteiger partial charge is 0.381 e. The van der Waals surface area contributed by atoms with Crippen LogP contribution in [-0.4, -0.2) is 34.8 Å². The second kappa shape index (κ2) is 7.03. The predicted molar refractivity (Wildman–Crippen MR) is 86.6 cm³/mol. The summed E-state index contributed by atoms with van der Waals surface area (Å²) >= 11 is 0. The number of ether oxygens (including phenoxy) is 1. The third-order valence-electron chi connectivity index (χ3n) is 4.49. The predicted octanol–water partition coefficient (Wildman–Crippen LogP) is 2.94. The third-order valence-corrected chi connectivity index (χ3v) is 4.49. The van der Waals surface area contributed by atoms with Gasteiger partial charge in [0.15, 0.2) is 0 Å². The molecule has 6 nitrogen and oxygen atoms in total. The first-order valence-corrected chi connectivity index (χ1v) is 8.35. The molecule has 0 aromatic carbocycles. The van der Waals surface area contributed by atoms with Crippen molar-refractivity contribution in [1.29, 1.82) is 0 Å². The summed E-state index contributed by atoms with van der Waals surface area (Å²) in [6.07, 6.45) is -1.69. The number of nitrogens with one attached hydrogen (secondary N) is 1. The van der Waals surface area contributed by atoms with Crippen LogP contribution in [0.1, 0.15) is 38.3 Å². The van der Waals surface area contributed by atoms with Gasteiger partial charge in [0.1, 0.15) is 5.41 Å².